The summed E-state index contributed by atoms with van der Waals surface area (Å²) in [5, 5.41) is 9.16. The van der Waals surface area contributed by atoms with Crippen LogP contribution in [0.25, 0.3) is 0 Å². The molecular weight excluding hydrogens is 326 g/mol. The Bertz CT molecular complexity index is 558. The van der Waals surface area contributed by atoms with Gasteiger partial charge >= 0.3 is 5.97 Å². The Kier molecular flexibility index (Phi) is 7.06. The van der Waals surface area contributed by atoms with Gasteiger partial charge < -0.3 is 14.9 Å². The fourth-order valence-electron chi connectivity index (χ4n) is 4.46. The van der Waals surface area contributed by atoms with Gasteiger partial charge in [0, 0.05) is 51.7 Å². The average molecular weight is 360 g/mol. The maximum Gasteiger partial charge on any atom is 0.303 e. The third kappa shape index (κ3) is 5.53. The summed E-state index contributed by atoms with van der Waals surface area (Å²) in [6.45, 7) is 7.73. The number of likely N-dealkylation sites (tertiary alicyclic amines) is 1. The molecule has 3 rings (SSSR count). The third-order valence-electron chi connectivity index (χ3n) is 6.07. The fourth-order valence-corrected chi connectivity index (χ4v) is 4.46. The van der Waals surface area contributed by atoms with E-state index in [1.807, 2.05) is 0 Å². The number of piperidine rings is 1. The zero-order chi connectivity index (χ0) is 18.4. The molecule has 2 fully saturated rings. The van der Waals surface area contributed by atoms with Crippen LogP contribution in [0.2, 0.25) is 0 Å². The smallest absolute Gasteiger partial charge is 0.303 e. The number of piperazine rings is 1. The SMILES string of the molecule is CN1CCN([C@H]2CCN(CCc3ccccc3)C[C@H]2CCC(=O)O)CC1. The normalized spacial score (nSPS) is 26.0. The lowest BCUT2D eigenvalue weighted by Crippen LogP contribution is -2.56. The van der Waals surface area contributed by atoms with E-state index < -0.39 is 5.97 Å². The van der Waals surface area contributed by atoms with Gasteiger partial charge in [0.1, 0.15) is 0 Å². The Labute approximate surface area is 157 Å². The zero-order valence-corrected chi connectivity index (χ0v) is 16.0. The number of hydrogen-bond acceptors (Lipinski definition) is 4. The number of rotatable bonds is 7. The van der Waals surface area contributed by atoms with Crippen LogP contribution in [0.4, 0.5) is 0 Å². The number of carbonyl (C=O) groups is 1. The van der Waals surface area contributed by atoms with Crippen LogP contribution < -0.4 is 0 Å². The van der Waals surface area contributed by atoms with Gasteiger partial charge in [-0.1, -0.05) is 30.3 Å². The molecule has 2 heterocycles. The Morgan fingerprint density at radius 1 is 1.12 bits per heavy atom. The predicted molar refractivity (Wildman–Crippen MR) is 104 cm³/mol. The number of carboxylic acid groups (broad SMARTS) is 1. The first-order valence-corrected chi connectivity index (χ1v) is 10.0. The molecule has 0 spiro atoms. The molecule has 0 saturated carbocycles. The zero-order valence-electron chi connectivity index (χ0n) is 16.0. The molecule has 5 heteroatoms. The molecule has 2 aliphatic heterocycles. The highest BCUT2D eigenvalue weighted by Gasteiger charge is 2.34. The van der Waals surface area contributed by atoms with E-state index in [2.05, 4.69) is 52.1 Å². The second-order valence-electron chi connectivity index (χ2n) is 7.92. The van der Waals surface area contributed by atoms with E-state index >= 15 is 0 Å². The van der Waals surface area contributed by atoms with Crippen LogP contribution in [0.15, 0.2) is 30.3 Å². The fraction of sp³-hybridized carbons (Fsp3) is 0.667. The van der Waals surface area contributed by atoms with E-state index in [1.165, 1.54) is 12.0 Å². The van der Waals surface area contributed by atoms with E-state index in [0.29, 0.717) is 18.4 Å². The highest BCUT2D eigenvalue weighted by Crippen LogP contribution is 2.27. The Hall–Kier alpha value is -1.43. The van der Waals surface area contributed by atoms with Crippen molar-refractivity contribution in [2.24, 2.45) is 5.92 Å². The Morgan fingerprint density at radius 3 is 2.54 bits per heavy atom. The maximum atomic E-state index is 11.1. The van der Waals surface area contributed by atoms with E-state index in [4.69, 9.17) is 5.11 Å². The first-order valence-electron chi connectivity index (χ1n) is 10.0. The van der Waals surface area contributed by atoms with Crippen LogP contribution in [0.3, 0.4) is 0 Å². The van der Waals surface area contributed by atoms with Crippen molar-refractivity contribution in [3.8, 4) is 0 Å². The molecule has 0 aromatic heterocycles. The molecule has 5 nitrogen and oxygen atoms in total. The Balaban J connectivity index is 1.56. The van der Waals surface area contributed by atoms with E-state index in [0.717, 1.165) is 58.7 Å². The summed E-state index contributed by atoms with van der Waals surface area (Å²) >= 11 is 0. The molecule has 0 radical (unpaired) electrons. The monoisotopic (exact) mass is 359 g/mol. The number of benzene rings is 1. The second kappa shape index (κ2) is 9.49. The summed E-state index contributed by atoms with van der Waals surface area (Å²) in [5.41, 5.74) is 1.38. The lowest BCUT2D eigenvalue weighted by molar-refractivity contribution is -0.137. The molecule has 26 heavy (non-hydrogen) atoms. The lowest BCUT2D eigenvalue weighted by atomic mass is 9.86. The standard InChI is InChI=1S/C21H33N3O2/c1-22-13-15-24(16-14-22)20-10-12-23(17-19(20)7-8-21(25)26)11-9-18-5-3-2-4-6-18/h2-6,19-20H,7-17H2,1H3,(H,25,26)/t19-,20+/m1/s1. The summed E-state index contributed by atoms with van der Waals surface area (Å²) in [6, 6.07) is 11.2. The van der Waals surface area contributed by atoms with Crippen molar-refractivity contribution in [2.45, 2.75) is 31.7 Å². The summed E-state index contributed by atoms with van der Waals surface area (Å²) < 4.78 is 0. The summed E-state index contributed by atoms with van der Waals surface area (Å²) in [5.74, 6) is -0.192. The number of likely N-dealkylation sites (N-methyl/N-ethyl adjacent to an activating group) is 1. The van der Waals surface area contributed by atoms with Gasteiger partial charge in [0.2, 0.25) is 0 Å². The number of hydrogen-bond donors (Lipinski definition) is 1. The highest BCUT2D eigenvalue weighted by atomic mass is 16.4. The second-order valence-corrected chi connectivity index (χ2v) is 7.92. The van der Waals surface area contributed by atoms with Crippen molar-refractivity contribution in [1.82, 2.24) is 14.7 Å². The summed E-state index contributed by atoms with van der Waals surface area (Å²) in [6.07, 6.45) is 3.34. The van der Waals surface area contributed by atoms with Gasteiger partial charge in [-0.3, -0.25) is 9.69 Å². The van der Waals surface area contributed by atoms with Gasteiger partial charge in [-0.2, -0.15) is 0 Å². The minimum atomic E-state index is -0.663. The van der Waals surface area contributed by atoms with Gasteiger partial charge in [0.05, 0.1) is 0 Å². The molecule has 2 aliphatic rings. The summed E-state index contributed by atoms with van der Waals surface area (Å²) in [7, 11) is 2.19. The minimum absolute atomic E-state index is 0.293. The van der Waals surface area contributed by atoms with Gasteiger partial charge in [-0.05, 0) is 44.3 Å². The average Bonchev–Trinajstić information content (AvgIpc) is 2.66. The molecule has 144 valence electrons. The van der Waals surface area contributed by atoms with Gasteiger partial charge in [0.25, 0.3) is 0 Å². The van der Waals surface area contributed by atoms with Crippen molar-refractivity contribution >= 4 is 5.97 Å². The van der Waals surface area contributed by atoms with Crippen molar-refractivity contribution in [3.05, 3.63) is 35.9 Å². The molecule has 2 atom stereocenters. The molecular formula is C21H33N3O2. The molecule has 0 unspecified atom stereocenters. The van der Waals surface area contributed by atoms with Gasteiger partial charge in [0.15, 0.2) is 0 Å². The first-order chi connectivity index (χ1) is 12.6. The lowest BCUT2D eigenvalue weighted by Gasteiger charge is -2.46. The first kappa shape index (κ1) is 19.3. The topological polar surface area (TPSA) is 47.0 Å². The van der Waals surface area contributed by atoms with Crippen LogP contribution in [0.1, 0.15) is 24.8 Å². The van der Waals surface area contributed by atoms with Crippen LogP contribution >= 0.6 is 0 Å². The molecule has 1 aromatic rings. The van der Waals surface area contributed by atoms with Crippen molar-refractivity contribution in [2.75, 3.05) is 52.9 Å². The maximum absolute atomic E-state index is 11.1. The Morgan fingerprint density at radius 2 is 1.85 bits per heavy atom. The number of nitrogens with zero attached hydrogens (tertiary/aromatic N) is 3. The van der Waals surface area contributed by atoms with Crippen molar-refractivity contribution in [1.29, 1.82) is 0 Å². The molecule has 1 aromatic carbocycles. The minimum Gasteiger partial charge on any atom is -0.481 e. The molecule has 1 N–H and O–H groups in total. The van der Waals surface area contributed by atoms with Gasteiger partial charge in [-0.15, -0.1) is 0 Å². The van der Waals surface area contributed by atoms with Crippen LogP contribution in [0, 0.1) is 5.92 Å². The molecule has 0 amide bonds. The van der Waals surface area contributed by atoms with E-state index in [9.17, 15) is 4.79 Å². The largest absolute Gasteiger partial charge is 0.481 e. The number of carboxylic acids is 1. The summed E-state index contributed by atoms with van der Waals surface area (Å²) in [4.78, 5) is 18.7. The van der Waals surface area contributed by atoms with Crippen LogP contribution in [-0.4, -0.2) is 84.7 Å². The van der Waals surface area contributed by atoms with Gasteiger partial charge in [-0.25, -0.2) is 0 Å². The quantitative estimate of drug-likeness (QED) is 0.807. The van der Waals surface area contributed by atoms with Crippen LogP contribution in [-0.2, 0) is 11.2 Å². The van der Waals surface area contributed by atoms with Crippen molar-refractivity contribution in [3.63, 3.8) is 0 Å². The van der Waals surface area contributed by atoms with Crippen molar-refractivity contribution < 1.29 is 9.90 Å². The highest BCUT2D eigenvalue weighted by molar-refractivity contribution is 5.66. The number of aliphatic carboxylic acids is 1. The van der Waals surface area contributed by atoms with E-state index in [-0.39, 0.29) is 0 Å². The van der Waals surface area contributed by atoms with E-state index in [1.54, 1.807) is 0 Å². The van der Waals surface area contributed by atoms with Crippen LogP contribution in [0.5, 0.6) is 0 Å². The predicted octanol–water partition coefficient (Wildman–Crippen LogP) is 2.03. The third-order valence-corrected chi connectivity index (χ3v) is 6.07. The molecule has 0 bridgehead atoms. The molecule has 0 aliphatic carbocycles. The molecule has 2 saturated heterocycles.